The smallest absolute Gasteiger partial charge is 0.318 e. The van der Waals surface area contributed by atoms with E-state index >= 15 is 0 Å². The molecule has 1 atom stereocenters. The third-order valence-electron chi connectivity index (χ3n) is 4.96. The van der Waals surface area contributed by atoms with Gasteiger partial charge in [0.25, 0.3) is 5.91 Å². The van der Waals surface area contributed by atoms with E-state index in [1.54, 1.807) is 0 Å². The molecule has 4 heteroatoms. The molecule has 154 valence electrons. The van der Waals surface area contributed by atoms with E-state index in [4.69, 9.17) is 4.74 Å². The molecular weight excluding hydrogens is 374 g/mol. The highest BCUT2D eigenvalue weighted by Crippen LogP contribution is 2.25. The summed E-state index contributed by atoms with van der Waals surface area (Å²) in [6, 6.07) is 29.1. The van der Waals surface area contributed by atoms with Gasteiger partial charge in [0, 0.05) is 6.04 Å². The van der Waals surface area contributed by atoms with Crippen molar-refractivity contribution in [2.75, 3.05) is 6.61 Å². The SMILES string of the molecule is C[C@H](CCc1ccccc1)NC(=O)COC(=O)C(c1ccccc1)c1ccccc1. The lowest BCUT2D eigenvalue weighted by Gasteiger charge is -2.18. The van der Waals surface area contributed by atoms with Crippen molar-refractivity contribution in [3.63, 3.8) is 0 Å². The topological polar surface area (TPSA) is 55.4 Å². The van der Waals surface area contributed by atoms with Gasteiger partial charge in [0.15, 0.2) is 6.61 Å². The normalized spacial score (nSPS) is 11.7. The monoisotopic (exact) mass is 401 g/mol. The standard InChI is InChI=1S/C26H27NO3/c1-20(17-18-21-11-5-2-6-12-21)27-24(28)19-30-26(29)25(22-13-7-3-8-14-22)23-15-9-4-10-16-23/h2-16,20,25H,17-19H2,1H3,(H,27,28)/t20-/m1/s1. The fourth-order valence-electron chi connectivity index (χ4n) is 3.39. The molecule has 30 heavy (non-hydrogen) atoms. The first-order valence-corrected chi connectivity index (χ1v) is 10.2. The average Bonchev–Trinajstić information content (AvgIpc) is 2.79. The maximum absolute atomic E-state index is 12.8. The number of hydrogen-bond donors (Lipinski definition) is 1. The molecular formula is C26H27NO3. The summed E-state index contributed by atoms with van der Waals surface area (Å²) < 4.78 is 5.39. The Morgan fingerprint density at radius 3 is 1.83 bits per heavy atom. The maximum atomic E-state index is 12.8. The van der Waals surface area contributed by atoms with Crippen LogP contribution in [0.15, 0.2) is 91.0 Å². The van der Waals surface area contributed by atoms with Crippen LogP contribution in [0.4, 0.5) is 0 Å². The van der Waals surface area contributed by atoms with Crippen LogP contribution in [0.2, 0.25) is 0 Å². The summed E-state index contributed by atoms with van der Waals surface area (Å²) in [7, 11) is 0. The van der Waals surface area contributed by atoms with Gasteiger partial charge in [-0.2, -0.15) is 0 Å². The minimum atomic E-state index is -0.560. The zero-order chi connectivity index (χ0) is 21.2. The number of rotatable bonds is 9. The Labute approximate surface area is 177 Å². The molecule has 0 spiro atoms. The van der Waals surface area contributed by atoms with Gasteiger partial charge >= 0.3 is 5.97 Å². The number of esters is 1. The molecule has 0 saturated carbocycles. The summed E-state index contributed by atoms with van der Waals surface area (Å²) in [5.74, 6) is -1.28. The zero-order valence-corrected chi connectivity index (χ0v) is 17.2. The van der Waals surface area contributed by atoms with Crippen molar-refractivity contribution in [2.24, 2.45) is 0 Å². The first-order chi connectivity index (χ1) is 14.6. The minimum absolute atomic E-state index is 0.00421. The molecule has 3 aromatic carbocycles. The molecule has 0 heterocycles. The highest BCUT2D eigenvalue weighted by molar-refractivity contribution is 5.85. The molecule has 3 aromatic rings. The summed E-state index contributed by atoms with van der Waals surface area (Å²) in [4.78, 5) is 25.1. The lowest BCUT2D eigenvalue weighted by molar-refractivity contribution is -0.149. The van der Waals surface area contributed by atoms with Gasteiger partial charge in [-0.15, -0.1) is 0 Å². The largest absolute Gasteiger partial charge is 0.455 e. The molecule has 0 saturated heterocycles. The van der Waals surface area contributed by atoms with Crippen LogP contribution in [-0.4, -0.2) is 24.5 Å². The summed E-state index contributed by atoms with van der Waals surface area (Å²) in [5, 5.41) is 2.91. The molecule has 0 fully saturated rings. The van der Waals surface area contributed by atoms with E-state index in [0.29, 0.717) is 0 Å². The van der Waals surface area contributed by atoms with E-state index in [1.165, 1.54) is 5.56 Å². The summed E-state index contributed by atoms with van der Waals surface area (Å²) in [6.07, 6.45) is 1.70. The number of hydrogen-bond acceptors (Lipinski definition) is 3. The number of nitrogens with one attached hydrogen (secondary N) is 1. The van der Waals surface area contributed by atoms with Gasteiger partial charge in [0.2, 0.25) is 0 Å². The highest BCUT2D eigenvalue weighted by atomic mass is 16.5. The van der Waals surface area contributed by atoms with E-state index in [0.717, 1.165) is 24.0 Å². The number of carbonyl (C=O) groups is 2. The first-order valence-electron chi connectivity index (χ1n) is 10.2. The van der Waals surface area contributed by atoms with Crippen LogP contribution < -0.4 is 5.32 Å². The number of benzene rings is 3. The van der Waals surface area contributed by atoms with Gasteiger partial charge in [-0.05, 0) is 36.5 Å². The summed E-state index contributed by atoms with van der Waals surface area (Å²) in [5.41, 5.74) is 2.91. The van der Waals surface area contributed by atoms with Crippen molar-refractivity contribution in [1.82, 2.24) is 5.32 Å². The molecule has 4 nitrogen and oxygen atoms in total. The van der Waals surface area contributed by atoms with Gasteiger partial charge < -0.3 is 10.1 Å². The van der Waals surface area contributed by atoms with Crippen molar-refractivity contribution < 1.29 is 14.3 Å². The van der Waals surface area contributed by atoms with Crippen molar-refractivity contribution in [1.29, 1.82) is 0 Å². The van der Waals surface area contributed by atoms with Gasteiger partial charge in [0.05, 0.1) is 0 Å². The van der Waals surface area contributed by atoms with Crippen LogP contribution in [0.1, 0.15) is 36.0 Å². The fraction of sp³-hybridized carbons (Fsp3) is 0.231. The van der Waals surface area contributed by atoms with E-state index in [2.05, 4.69) is 17.4 Å². The van der Waals surface area contributed by atoms with Crippen molar-refractivity contribution in [3.05, 3.63) is 108 Å². The van der Waals surface area contributed by atoms with E-state index in [9.17, 15) is 9.59 Å². The van der Waals surface area contributed by atoms with Gasteiger partial charge in [-0.25, -0.2) is 0 Å². The van der Waals surface area contributed by atoms with Gasteiger partial charge in [0.1, 0.15) is 5.92 Å². The molecule has 0 aliphatic rings. The van der Waals surface area contributed by atoms with Gasteiger partial charge in [-0.1, -0.05) is 91.0 Å². The van der Waals surface area contributed by atoms with Crippen LogP contribution in [-0.2, 0) is 20.7 Å². The average molecular weight is 402 g/mol. The van der Waals surface area contributed by atoms with Crippen LogP contribution in [0.3, 0.4) is 0 Å². The lowest BCUT2D eigenvalue weighted by Crippen LogP contribution is -2.36. The Morgan fingerprint density at radius 1 is 0.800 bits per heavy atom. The Kier molecular flexibility index (Phi) is 7.78. The van der Waals surface area contributed by atoms with E-state index < -0.39 is 11.9 Å². The zero-order valence-electron chi connectivity index (χ0n) is 17.2. The molecule has 0 aliphatic heterocycles. The Morgan fingerprint density at radius 2 is 1.30 bits per heavy atom. The quantitative estimate of drug-likeness (QED) is 0.537. The Hall–Kier alpha value is -3.40. The van der Waals surface area contributed by atoms with Crippen molar-refractivity contribution in [2.45, 2.75) is 31.7 Å². The third kappa shape index (κ3) is 6.31. The van der Waals surface area contributed by atoms with E-state index in [-0.39, 0.29) is 18.6 Å². The van der Waals surface area contributed by atoms with E-state index in [1.807, 2.05) is 85.8 Å². The molecule has 0 aromatic heterocycles. The van der Waals surface area contributed by atoms with Crippen LogP contribution in [0.5, 0.6) is 0 Å². The highest BCUT2D eigenvalue weighted by Gasteiger charge is 2.25. The molecule has 3 rings (SSSR count). The number of carbonyl (C=O) groups excluding carboxylic acids is 2. The minimum Gasteiger partial charge on any atom is -0.455 e. The van der Waals surface area contributed by atoms with Gasteiger partial charge in [-0.3, -0.25) is 9.59 Å². The summed E-state index contributed by atoms with van der Waals surface area (Å²) in [6.45, 7) is 1.67. The third-order valence-corrected chi connectivity index (χ3v) is 4.96. The number of aryl methyl sites for hydroxylation is 1. The molecule has 0 bridgehead atoms. The molecule has 1 amide bonds. The van der Waals surface area contributed by atoms with Crippen LogP contribution in [0, 0.1) is 0 Å². The molecule has 1 N–H and O–H groups in total. The fourth-order valence-corrected chi connectivity index (χ4v) is 3.39. The summed E-state index contributed by atoms with van der Waals surface area (Å²) >= 11 is 0. The molecule has 0 radical (unpaired) electrons. The first kappa shape index (κ1) is 21.3. The second kappa shape index (κ2) is 11.0. The predicted octanol–water partition coefficient (Wildman–Crippen LogP) is 4.50. The number of ether oxygens (including phenoxy) is 1. The molecule has 0 unspecified atom stereocenters. The Balaban J connectivity index is 1.54. The Bertz CT molecular complexity index is 887. The van der Waals surface area contributed by atoms with Crippen LogP contribution >= 0.6 is 0 Å². The predicted molar refractivity (Wildman–Crippen MR) is 118 cm³/mol. The maximum Gasteiger partial charge on any atom is 0.318 e. The van der Waals surface area contributed by atoms with Crippen LogP contribution in [0.25, 0.3) is 0 Å². The lowest BCUT2D eigenvalue weighted by atomic mass is 9.91. The second-order valence-corrected chi connectivity index (χ2v) is 7.35. The number of amides is 1. The van der Waals surface area contributed by atoms with Crippen molar-refractivity contribution in [3.8, 4) is 0 Å². The second-order valence-electron chi connectivity index (χ2n) is 7.35. The molecule has 0 aliphatic carbocycles. The van der Waals surface area contributed by atoms with Crippen molar-refractivity contribution >= 4 is 11.9 Å².